The van der Waals surface area contributed by atoms with Crippen LogP contribution in [0.15, 0.2) is 23.3 Å². The average molecular weight is 362 g/mol. The molecule has 142 valence electrons. The SMILES string of the molecule is C[C@@H]1CCC23COC(=O)C2=C[C@@H](O)C[C@@H]3[C@@]1(C)C[C@H](O)C1=CC(=O)OC1. The minimum atomic E-state index is -0.770. The van der Waals surface area contributed by atoms with Crippen molar-refractivity contribution in [2.75, 3.05) is 13.2 Å². The first-order valence-corrected chi connectivity index (χ1v) is 9.39. The lowest BCUT2D eigenvalue weighted by Gasteiger charge is -2.57. The Morgan fingerprint density at radius 3 is 2.81 bits per heavy atom. The van der Waals surface area contributed by atoms with Crippen LogP contribution in [0.25, 0.3) is 0 Å². The standard InChI is InChI=1S/C20H26O6/c1-11-3-4-20-10-26-18(24)14(20)6-13(21)7-16(20)19(11,2)8-15(22)12-5-17(23)25-9-12/h5-6,11,13,15-16,21-22H,3-4,7-10H2,1-2H3/t11-,13-,15+,16-,19+,20?/m1/s1. The number of cyclic esters (lactones) is 2. The van der Waals surface area contributed by atoms with Crippen molar-refractivity contribution in [2.24, 2.45) is 22.7 Å². The average Bonchev–Trinajstić information content (AvgIpc) is 3.16. The smallest absolute Gasteiger partial charge is 0.334 e. The number of hydrogen-bond acceptors (Lipinski definition) is 6. The molecule has 2 fully saturated rings. The zero-order valence-electron chi connectivity index (χ0n) is 15.2. The van der Waals surface area contributed by atoms with E-state index in [0.29, 0.717) is 36.5 Å². The van der Waals surface area contributed by atoms with Crippen LogP contribution in [-0.2, 0) is 19.1 Å². The molecule has 0 amide bonds. The van der Waals surface area contributed by atoms with E-state index < -0.39 is 18.2 Å². The van der Waals surface area contributed by atoms with Gasteiger partial charge in [0, 0.05) is 22.6 Å². The number of aliphatic hydroxyl groups is 2. The largest absolute Gasteiger partial charge is 0.461 e. The molecule has 2 N–H and O–H groups in total. The van der Waals surface area contributed by atoms with Crippen molar-refractivity contribution in [1.29, 1.82) is 0 Å². The third-order valence-corrected chi connectivity index (χ3v) is 7.41. The monoisotopic (exact) mass is 362 g/mol. The van der Waals surface area contributed by atoms with Crippen LogP contribution in [0, 0.1) is 22.7 Å². The zero-order chi connectivity index (χ0) is 18.7. The topological polar surface area (TPSA) is 93.1 Å². The Morgan fingerprint density at radius 1 is 1.35 bits per heavy atom. The summed E-state index contributed by atoms with van der Waals surface area (Å²) in [7, 11) is 0. The van der Waals surface area contributed by atoms with Gasteiger partial charge in [-0.1, -0.05) is 13.8 Å². The van der Waals surface area contributed by atoms with E-state index in [1.165, 1.54) is 6.08 Å². The summed E-state index contributed by atoms with van der Waals surface area (Å²) < 4.78 is 10.3. The maximum atomic E-state index is 12.2. The van der Waals surface area contributed by atoms with Gasteiger partial charge in [-0.15, -0.1) is 0 Å². The number of carbonyl (C=O) groups is 2. The number of hydrogen-bond donors (Lipinski definition) is 2. The van der Waals surface area contributed by atoms with Gasteiger partial charge >= 0.3 is 11.9 Å². The van der Waals surface area contributed by atoms with Gasteiger partial charge in [0.25, 0.3) is 0 Å². The van der Waals surface area contributed by atoms with Gasteiger partial charge in [-0.05, 0) is 49.0 Å². The summed E-state index contributed by atoms with van der Waals surface area (Å²) in [5, 5.41) is 21.2. The molecule has 6 atom stereocenters. The van der Waals surface area contributed by atoms with Crippen molar-refractivity contribution in [1.82, 2.24) is 0 Å². The van der Waals surface area contributed by atoms with Crippen molar-refractivity contribution in [3.05, 3.63) is 23.3 Å². The van der Waals surface area contributed by atoms with E-state index in [-0.39, 0.29) is 29.3 Å². The third-order valence-electron chi connectivity index (χ3n) is 7.41. The van der Waals surface area contributed by atoms with Crippen molar-refractivity contribution in [3.8, 4) is 0 Å². The highest BCUT2D eigenvalue weighted by atomic mass is 16.5. The molecule has 4 rings (SSSR count). The number of carbonyl (C=O) groups excluding carboxylic acids is 2. The van der Waals surface area contributed by atoms with E-state index in [1.807, 2.05) is 0 Å². The summed E-state index contributed by atoms with van der Waals surface area (Å²) >= 11 is 0. The summed E-state index contributed by atoms with van der Waals surface area (Å²) in [5.41, 5.74) is 0.563. The molecule has 0 aromatic heterocycles. The molecule has 0 bridgehead atoms. The molecule has 6 heteroatoms. The second-order valence-corrected chi connectivity index (χ2v) is 8.66. The Bertz CT molecular complexity index is 709. The van der Waals surface area contributed by atoms with E-state index in [2.05, 4.69) is 13.8 Å². The molecular formula is C20H26O6. The van der Waals surface area contributed by atoms with Crippen molar-refractivity contribution >= 4 is 11.9 Å². The Hall–Kier alpha value is -1.66. The first-order chi connectivity index (χ1) is 12.3. The highest BCUT2D eigenvalue weighted by Gasteiger charge is 2.62. The number of esters is 2. The Kier molecular flexibility index (Phi) is 4.04. The predicted molar refractivity (Wildman–Crippen MR) is 91.8 cm³/mol. The molecule has 2 aliphatic heterocycles. The highest BCUT2D eigenvalue weighted by molar-refractivity contribution is 5.93. The number of rotatable bonds is 3. The molecule has 6 nitrogen and oxygen atoms in total. The minimum Gasteiger partial charge on any atom is -0.461 e. The Labute approximate surface area is 152 Å². The van der Waals surface area contributed by atoms with Gasteiger partial charge in [-0.25, -0.2) is 9.59 Å². The van der Waals surface area contributed by atoms with Crippen molar-refractivity contribution in [3.63, 3.8) is 0 Å². The molecule has 1 spiro atoms. The molecule has 4 aliphatic rings. The van der Waals surface area contributed by atoms with Gasteiger partial charge in [-0.3, -0.25) is 0 Å². The molecule has 2 heterocycles. The Balaban J connectivity index is 1.68. The molecule has 0 radical (unpaired) electrons. The summed E-state index contributed by atoms with van der Waals surface area (Å²) in [4.78, 5) is 23.6. The zero-order valence-corrected chi connectivity index (χ0v) is 15.2. The van der Waals surface area contributed by atoms with E-state index >= 15 is 0 Å². The maximum absolute atomic E-state index is 12.2. The second kappa shape index (κ2) is 5.92. The maximum Gasteiger partial charge on any atom is 0.334 e. The lowest BCUT2D eigenvalue weighted by Crippen LogP contribution is -2.54. The molecule has 26 heavy (non-hydrogen) atoms. The molecule has 2 aliphatic carbocycles. The van der Waals surface area contributed by atoms with Crippen molar-refractivity contribution < 1.29 is 29.3 Å². The normalized spacial score (nSPS) is 43.0. The van der Waals surface area contributed by atoms with Crippen LogP contribution in [0.5, 0.6) is 0 Å². The summed E-state index contributed by atoms with van der Waals surface area (Å²) in [5.74, 6) is -0.378. The second-order valence-electron chi connectivity index (χ2n) is 8.66. The van der Waals surface area contributed by atoms with Gasteiger partial charge in [0.15, 0.2) is 0 Å². The van der Waals surface area contributed by atoms with Crippen LogP contribution in [0.2, 0.25) is 0 Å². The van der Waals surface area contributed by atoms with Gasteiger partial charge in [-0.2, -0.15) is 0 Å². The molecule has 1 saturated carbocycles. The lowest BCUT2D eigenvalue weighted by atomic mass is 9.46. The first-order valence-electron chi connectivity index (χ1n) is 9.39. The minimum absolute atomic E-state index is 0.0356. The third kappa shape index (κ3) is 2.46. The number of aliphatic hydroxyl groups excluding tert-OH is 2. The highest BCUT2D eigenvalue weighted by Crippen LogP contribution is 2.64. The van der Waals surface area contributed by atoms with Crippen LogP contribution in [0.4, 0.5) is 0 Å². The van der Waals surface area contributed by atoms with Crippen molar-refractivity contribution in [2.45, 2.75) is 51.7 Å². The fraction of sp³-hybridized carbons (Fsp3) is 0.700. The first kappa shape index (κ1) is 17.7. The molecule has 0 aromatic carbocycles. The molecule has 1 unspecified atom stereocenters. The summed E-state index contributed by atoms with van der Waals surface area (Å²) in [6.07, 6.45) is 4.42. The van der Waals surface area contributed by atoms with Crippen LogP contribution in [0.1, 0.15) is 39.5 Å². The van der Waals surface area contributed by atoms with E-state index in [4.69, 9.17) is 9.47 Å². The van der Waals surface area contributed by atoms with Crippen LogP contribution in [-0.4, -0.2) is 47.6 Å². The molecule has 1 saturated heterocycles. The van der Waals surface area contributed by atoms with Gasteiger partial charge in [0.05, 0.1) is 12.2 Å². The predicted octanol–water partition coefficient (Wildman–Crippen LogP) is 1.51. The van der Waals surface area contributed by atoms with E-state index in [1.54, 1.807) is 6.08 Å². The summed E-state index contributed by atoms with van der Waals surface area (Å²) in [6, 6.07) is 0. The fourth-order valence-corrected chi connectivity index (χ4v) is 5.70. The van der Waals surface area contributed by atoms with Gasteiger partial charge in [0.2, 0.25) is 0 Å². The van der Waals surface area contributed by atoms with Gasteiger partial charge in [0.1, 0.15) is 13.2 Å². The fourth-order valence-electron chi connectivity index (χ4n) is 5.70. The van der Waals surface area contributed by atoms with E-state index in [0.717, 1.165) is 12.8 Å². The molecular weight excluding hydrogens is 336 g/mol. The van der Waals surface area contributed by atoms with Gasteiger partial charge < -0.3 is 19.7 Å². The quantitative estimate of drug-likeness (QED) is 0.739. The van der Waals surface area contributed by atoms with E-state index in [9.17, 15) is 19.8 Å². The molecule has 0 aromatic rings. The summed E-state index contributed by atoms with van der Waals surface area (Å²) in [6.45, 7) is 4.81. The lowest BCUT2D eigenvalue weighted by molar-refractivity contribution is -0.136. The van der Waals surface area contributed by atoms with Crippen LogP contribution < -0.4 is 0 Å². The van der Waals surface area contributed by atoms with Crippen LogP contribution in [0.3, 0.4) is 0 Å². The van der Waals surface area contributed by atoms with Crippen LogP contribution >= 0.6 is 0 Å². The number of ether oxygens (including phenoxy) is 2. The Morgan fingerprint density at radius 2 is 2.12 bits per heavy atom.